The molecular weight excluding hydrogens is 584 g/mol. The molecule has 0 aliphatic heterocycles. The summed E-state index contributed by atoms with van der Waals surface area (Å²) >= 11 is 0. The second-order valence-corrected chi connectivity index (χ2v) is 6.67. The maximum Gasteiger partial charge on any atom is 0.334 e. The molecule has 0 atom stereocenters. The molecule has 2 aromatic carbocycles. The van der Waals surface area contributed by atoms with E-state index in [1.54, 1.807) is 18.2 Å². The quantitative estimate of drug-likeness (QED) is 0.177. The first-order valence-electron chi connectivity index (χ1n) is 8.98. The average molecular weight is 606 g/mol. The number of methoxy groups -OCH3 is 1. The summed E-state index contributed by atoms with van der Waals surface area (Å²) in [5, 5.41) is 11.1. The molecule has 0 spiro atoms. The van der Waals surface area contributed by atoms with E-state index in [9.17, 15) is 14.3 Å². The van der Waals surface area contributed by atoms with Crippen LogP contribution in [0.5, 0.6) is 0 Å². The van der Waals surface area contributed by atoms with Crippen LogP contribution in [0.25, 0.3) is 28.1 Å². The van der Waals surface area contributed by atoms with Gasteiger partial charge >= 0.3 is 5.97 Å². The number of carbonyl (C=O) groups is 1. The molecule has 0 fully saturated rings. The predicted molar refractivity (Wildman–Crippen MR) is 109 cm³/mol. The molecule has 0 saturated carbocycles. The van der Waals surface area contributed by atoms with Gasteiger partial charge in [-0.3, -0.25) is 0 Å². The Labute approximate surface area is 205 Å². The summed E-state index contributed by atoms with van der Waals surface area (Å²) in [4.78, 5) is 11.3. The number of allylic oxidation sites excluding steroid dienone is 1. The van der Waals surface area contributed by atoms with Crippen LogP contribution >= 0.6 is 0 Å². The number of rotatable bonds is 5. The molecule has 0 saturated heterocycles. The predicted octanol–water partition coefficient (Wildman–Crippen LogP) is 5.66. The van der Waals surface area contributed by atoms with Crippen molar-refractivity contribution in [2.24, 2.45) is 0 Å². The van der Waals surface area contributed by atoms with Crippen molar-refractivity contribution in [3.8, 4) is 11.1 Å². The second-order valence-electron chi connectivity index (χ2n) is 6.67. The molecular formula is C23H22AcFNO3. The Morgan fingerprint density at radius 3 is 2.41 bits per heavy atom. The Balaban J connectivity index is 0.00000300. The minimum absolute atomic E-state index is 0. The fourth-order valence-corrected chi connectivity index (χ4v) is 3.32. The zero-order valence-corrected chi connectivity index (χ0v) is 21.3. The molecule has 0 unspecified atom stereocenters. The van der Waals surface area contributed by atoms with Gasteiger partial charge in [-0.2, -0.15) is 0 Å². The molecule has 29 heavy (non-hydrogen) atoms. The minimum Gasteiger partial charge on any atom is -0.508 e. The molecule has 0 aliphatic carbocycles. The van der Waals surface area contributed by atoms with Crippen LogP contribution in [0.15, 0.2) is 66.4 Å². The molecule has 1 aromatic heterocycles. The third-order valence-corrected chi connectivity index (χ3v) is 4.48. The van der Waals surface area contributed by atoms with Gasteiger partial charge in [0, 0.05) is 66.6 Å². The molecule has 0 bridgehead atoms. The summed E-state index contributed by atoms with van der Waals surface area (Å²) in [7, 11) is 1.25. The number of benzene rings is 2. The van der Waals surface area contributed by atoms with Gasteiger partial charge in [-0.05, 0) is 49.8 Å². The van der Waals surface area contributed by atoms with Gasteiger partial charge < -0.3 is 14.4 Å². The molecule has 0 aliphatic rings. The Bertz CT molecular complexity index is 1070. The third kappa shape index (κ3) is 5.18. The Morgan fingerprint density at radius 2 is 1.79 bits per heavy atom. The summed E-state index contributed by atoms with van der Waals surface area (Å²) in [6, 6.07) is 14.5. The van der Waals surface area contributed by atoms with Gasteiger partial charge in [0.1, 0.15) is 11.6 Å². The van der Waals surface area contributed by atoms with E-state index in [4.69, 9.17) is 0 Å². The average Bonchev–Trinajstić information content (AvgIpc) is 3.01. The van der Waals surface area contributed by atoms with Gasteiger partial charge in [0.2, 0.25) is 0 Å². The molecule has 4 nitrogen and oxygen atoms in total. The van der Waals surface area contributed by atoms with Crippen molar-refractivity contribution in [2.45, 2.75) is 19.9 Å². The SMILES string of the molecule is COC(=O)/C=C(O)/C=C/c1c(-c2ccc(F)cc2)c2ccccc2n1C(C)C.[Ac]. The van der Waals surface area contributed by atoms with Crippen molar-refractivity contribution in [1.82, 2.24) is 4.57 Å². The van der Waals surface area contributed by atoms with Crippen LogP contribution in [-0.4, -0.2) is 22.8 Å². The van der Waals surface area contributed by atoms with Gasteiger partial charge in [-0.25, -0.2) is 9.18 Å². The molecule has 3 rings (SSSR count). The van der Waals surface area contributed by atoms with Gasteiger partial charge in [0.15, 0.2) is 0 Å². The second kappa shape index (κ2) is 10.2. The standard InChI is InChI=1S/C23H22FNO3.Ac/c1-15(2)25-20-7-5-4-6-19(20)23(16-8-10-17(24)11-9-16)21(25)13-12-18(26)14-22(27)28-3;/h4-15,26H,1-3H3;/b13-12+,18-14-;. The number of para-hydroxylation sites is 1. The number of hydrogen-bond acceptors (Lipinski definition) is 3. The number of ether oxygens (including phenoxy) is 1. The molecule has 1 radical (unpaired) electrons. The van der Waals surface area contributed by atoms with Crippen molar-refractivity contribution < 1.29 is 63.1 Å². The first kappa shape index (κ1) is 23.4. The van der Waals surface area contributed by atoms with Gasteiger partial charge in [0.25, 0.3) is 0 Å². The molecule has 1 N–H and O–H groups in total. The molecule has 6 heteroatoms. The number of aliphatic hydroxyl groups excluding tert-OH is 1. The van der Waals surface area contributed by atoms with E-state index in [0.29, 0.717) is 0 Å². The Morgan fingerprint density at radius 1 is 1.14 bits per heavy atom. The van der Waals surface area contributed by atoms with Crippen LogP contribution in [0, 0.1) is 49.9 Å². The number of aliphatic hydroxyl groups is 1. The molecule has 1 heterocycles. The zero-order chi connectivity index (χ0) is 20.3. The number of esters is 1. The van der Waals surface area contributed by atoms with Crippen LogP contribution in [0.3, 0.4) is 0 Å². The molecule has 3 aromatic rings. The van der Waals surface area contributed by atoms with Gasteiger partial charge in [-0.1, -0.05) is 30.3 Å². The summed E-state index contributed by atoms with van der Waals surface area (Å²) in [5.41, 5.74) is 3.69. The largest absolute Gasteiger partial charge is 0.508 e. The number of fused-ring (bicyclic) bond motifs is 1. The topological polar surface area (TPSA) is 51.5 Å². The van der Waals surface area contributed by atoms with E-state index in [1.807, 2.05) is 24.3 Å². The van der Waals surface area contributed by atoms with E-state index in [2.05, 4.69) is 23.2 Å². The third-order valence-electron chi connectivity index (χ3n) is 4.48. The van der Waals surface area contributed by atoms with Crippen molar-refractivity contribution in [3.63, 3.8) is 0 Å². The van der Waals surface area contributed by atoms with Crippen molar-refractivity contribution in [2.75, 3.05) is 7.11 Å². The fourth-order valence-electron chi connectivity index (χ4n) is 3.32. The van der Waals surface area contributed by atoms with E-state index in [0.717, 1.165) is 33.8 Å². The smallest absolute Gasteiger partial charge is 0.334 e. The molecule has 0 amide bonds. The fraction of sp³-hybridized carbons (Fsp3) is 0.174. The van der Waals surface area contributed by atoms with Crippen LogP contribution in [0.1, 0.15) is 25.6 Å². The van der Waals surface area contributed by atoms with Gasteiger partial charge in [-0.15, -0.1) is 0 Å². The Hall–Kier alpha value is -1.90. The maximum absolute atomic E-state index is 13.5. The summed E-state index contributed by atoms with van der Waals surface area (Å²) < 4.78 is 20.1. The summed E-state index contributed by atoms with van der Waals surface area (Å²) in [6.07, 6.45) is 4.22. The van der Waals surface area contributed by atoms with E-state index in [-0.39, 0.29) is 61.7 Å². The number of carbonyl (C=O) groups excluding carboxylic acids is 1. The number of halogens is 1. The van der Waals surface area contributed by atoms with E-state index >= 15 is 0 Å². The van der Waals surface area contributed by atoms with Crippen molar-refractivity contribution >= 4 is 22.9 Å². The number of hydrogen-bond donors (Lipinski definition) is 1. The summed E-state index contributed by atoms with van der Waals surface area (Å²) in [5.74, 6) is -1.14. The van der Waals surface area contributed by atoms with E-state index < -0.39 is 5.97 Å². The Kier molecular flexibility index (Phi) is 8.25. The minimum atomic E-state index is -0.634. The van der Waals surface area contributed by atoms with Gasteiger partial charge in [0.05, 0.1) is 18.9 Å². The van der Waals surface area contributed by atoms with Crippen molar-refractivity contribution in [3.05, 3.63) is 78.0 Å². The van der Waals surface area contributed by atoms with E-state index in [1.165, 1.54) is 25.3 Å². The number of nitrogens with zero attached hydrogens (tertiary/aromatic N) is 1. The number of aromatic nitrogens is 1. The molecule has 147 valence electrons. The van der Waals surface area contributed by atoms with Crippen LogP contribution < -0.4 is 0 Å². The van der Waals surface area contributed by atoms with Crippen LogP contribution in [0.2, 0.25) is 0 Å². The first-order valence-corrected chi connectivity index (χ1v) is 8.98. The normalized spacial score (nSPS) is 11.8. The maximum atomic E-state index is 13.5. The monoisotopic (exact) mass is 606 g/mol. The zero-order valence-electron chi connectivity index (χ0n) is 16.6. The first-order chi connectivity index (χ1) is 13.4. The van der Waals surface area contributed by atoms with Crippen LogP contribution in [-0.2, 0) is 9.53 Å². The van der Waals surface area contributed by atoms with Crippen LogP contribution in [0.4, 0.5) is 4.39 Å². The van der Waals surface area contributed by atoms with Crippen molar-refractivity contribution in [1.29, 1.82) is 0 Å². The summed E-state index contributed by atoms with van der Waals surface area (Å²) in [6.45, 7) is 4.14.